The maximum Gasteiger partial charge on any atom is 0.126 e. The van der Waals surface area contributed by atoms with Gasteiger partial charge in [-0.2, -0.15) is 0 Å². The predicted octanol–water partition coefficient (Wildman–Crippen LogP) is 2.46. The van der Waals surface area contributed by atoms with Crippen molar-refractivity contribution in [3.05, 3.63) is 47.0 Å². The predicted molar refractivity (Wildman–Crippen MR) is 71.1 cm³/mol. The molecule has 104 valence electrons. The largest absolute Gasteiger partial charge is 0.381 e. The van der Waals surface area contributed by atoms with Gasteiger partial charge in [0.2, 0.25) is 0 Å². The summed E-state index contributed by atoms with van der Waals surface area (Å²) in [5.74, 6) is 0.256. The van der Waals surface area contributed by atoms with Gasteiger partial charge >= 0.3 is 0 Å². The van der Waals surface area contributed by atoms with Gasteiger partial charge in [-0.3, -0.25) is 0 Å². The van der Waals surface area contributed by atoms with Crippen molar-refractivity contribution in [2.24, 2.45) is 0 Å². The third kappa shape index (κ3) is 1.85. The van der Waals surface area contributed by atoms with Crippen LogP contribution >= 0.6 is 0 Å². The highest BCUT2D eigenvalue weighted by Crippen LogP contribution is 2.35. The molecule has 2 atom stereocenters. The molecule has 1 aromatic carbocycles. The highest BCUT2D eigenvalue weighted by atomic mass is 19.1. The normalized spacial score (nSPS) is 25.1. The molecule has 1 aliphatic carbocycles. The van der Waals surface area contributed by atoms with Gasteiger partial charge in [-0.25, -0.2) is 9.07 Å². The summed E-state index contributed by atoms with van der Waals surface area (Å²) < 4.78 is 21.0. The second-order valence-corrected chi connectivity index (χ2v) is 5.55. The van der Waals surface area contributed by atoms with Crippen LogP contribution in [0.1, 0.15) is 41.6 Å². The Morgan fingerprint density at radius 1 is 1.30 bits per heavy atom. The van der Waals surface area contributed by atoms with Gasteiger partial charge in [-0.05, 0) is 36.5 Å². The molecule has 0 spiro atoms. The van der Waals surface area contributed by atoms with Crippen LogP contribution in [0.25, 0.3) is 0 Å². The summed E-state index contributed by atoms with van der Waals surface area (Å²) in [5, 5.41) is 8.54. The van der Waals surface area contributed by atoms with E-state index in [2.05, 4.69) is 10.3 Å². The van der Waals surface area contributed by atoms with Crippen molar-refractivity contribution in [3.8, 4) is 0 Å². The fourth-order valence-electron chi connectivity index (χ4n) is 3.26. The monoisotopic (exact) mass is 273 g/mol. The number of ether oxygens (including phenoxy) is 1. The summed E-state index contributed by atoms with van der Waals surface area (Å²) in [7, 11) is 0. The van der Waals surface area contributed by atoms with Crippen LogP contribution in [0, 0.1) is 5.82 Å². The van der Waals surface area contributed by atoms with Gasteiger partial charge in [0.15, 0.2) is 0 Å². The van der Waals surface area contributed by atoms with Crippen molar-refractivity contribution in [2.75, 3.05) is 13.2 Å². The third-order valence-corrected chi connectivity index (χ3v) is 4.38. The molecule has 2 aromatic rings. The first kappa shape index (κ1) is 12.0. The number of halogens is 1. The zero-order valence-corrected chi connectivity index (χ0v) is 11.1. The summed E-state index contributed by atoms with van der Waals surface area (Å²) in [4.78, 5) is 0. The number of fused-ring (bicyclic) bond motifs is 1. The first-order valence-corrected chi connectivity index (χ1v) is 7.09. The molecule has 2 heterocycles. The molecular weight excluding hydrogens is 257 g/mol. The van der Waals surface area contributed by atoms with Crippen molar-refractivity contribution in [3.63, 3.8) is 0 Å². The lowest BCUT2D eigenvalue weighted by atomic mass is 10.1. The minimum absolute atomic E-state index is 0.102. The molecule has 1 fully saturated rings. The third-order valence-electron chi connectivity index (χ3n) is 4.38. The molecule has 0 radical (unpaired) electrons. The Balaban J connectivity index is 1.65. The van der Waals surface area contributed by atoms with Crippen molar-refractivity contribution < 1.29 is 9.13 Å². The number of benzene rings is 1. The summed E-state index contributed by atoms with van der Waals surface area (Å²) in [6.07, 6.45) is 4.67. The molecule has 0 N–H and O–H groups in total. The van der Waals surface area contributed by atoms with Gasteiger partial charge in [0.25, 0.3) is 0 Å². The lowest BCUT2D eigenvalue weighted by Gasteiger charge is -2.11. The van der Waals surface area contributed by atoms with E-state index < -0.39 is 0 Å². The van der Waals surface area contributed by atoms with Crippen LogP contribution in [0.4, 0.5) is 4.39 Å². The molecule has 1 aliphatic heterocycles. The van der Waals surface area contributed by atoms with Crippen LogP contribution in [-0.2, 0) is 11.2 Å². The van der Waals surface area contributed by atoms with E-state index in [1.165, 1.54) is 6.07 Å². The molecule has 20 heavy (non-hydrogen) atoms. The van der Waals surface area contributed by atoms with Crippen molar-refractivity contribution >= 4 is 0 Å². The minimum Gasteiger partial charge on any atom is -0.381 e. The number of aromatic nitrogens is 3. The Kier molecular flexibility index (Phi) is 2.80. The Labute approximate surface area is 116 Å². The zero-order valence-electron chi connectivity index (χ0n) is 11.1. The molecule has 4 rings (SSSR count). The Morgan fingerprint density at radius 3 is 3.10 bits per heavy atom. The van der Waals surface area contributed by atoms with Crippen LogP contribution in [0.2, 0.25) is 0 Å². The summed E-state index contributed by atoms with van der Waals surface area (Å²) in [6.45, 7) is 1.53. The maximum atomic E-state index is 13.8. The molecule has 5 heteroatoms. The first-order chi connectivity index (χ1) is 9.83. The Bertz CT molecular complexity index is 634. The van der Waals surface area contributed by atoms with Crippen LogP contribution in [-0.4, -0.2) is 28.2 Å². The molecule has 1 aromatic heterocycles. The van der Waals surface area contributed by atoms with Gasteiger partial charge in [0.05, 0.1) is 18.3 Å². The summed E-state index contributed by atoms with van der Waals surface area (Å²) in [6, 6.07) is 5.42. The quantitative estimate of drug-likeness (QED) is 0.844. The lowest BCUT2D eigenvalue weighted by molar-refractivity contribution is 0.193. The van der Waals surface area contributed by atoms with Gasteiger partial charge in [0, 0.05) is 18.7 Å². The lowest BCUT2D eigenvalue weighted by Crippen LogP contribution is -2.08. The first-order valence-electron chi connectivity index (χ1n) is 7.09. The van der Waals surface area contributed by atoms with E-state index in [4.69, 9.17) is 4.74 Å². The molecule has 0 amide bonds. The molecule has 1 unspecified atom stereocenters. The van der Waals surface area contributed by atoms with Gasteiger partial charge < -0.3 is 4.74 Å². The SMILES string of the molecule is Fc1cccc2c1CC[C@@H]2n1cc(C2CCOC2)nn1. The molecular formula is C15H16FN3O. The topological polar surface area (TPSA) is 39.9 Å². The highest BCUT2D eigenvalue weighted by Gasteiger charge is 2.28. The Morgan fingerprint density at radius 2 is 2.25 bits per heavy atom. The van der Waals surface area contributed by atoms with Crippen molar-refractivity contribution in [1.29, 1.82) is 0 Å². The highest BCUT2D eigenvalue weighted by molar-refractivity contribution is 5.36. The fraction of sp³-hybridized carbons (Fsp3) is 0.467. The van der Waals surface area contributed by atoms with Gasteiger partial charge in [0.1, 0.15) is 5.82 Å². The van der Waals surface area contributed by atoms with Crippen molar-refractivity contribution in [2.45, 2.75) is 31.2 Å². The van der Waals surface area contributed by atoms with Crippen LogP contribution in [0.3, 0.4) is 0 Å². The number of nitrogens with zero attached hydrogens (tertiary/aromatic N) is 3. The maximum absolute atomic E-state index is 13.8. The Hall–Kier alpha value is -1.75. The number of rotatable bonds is 2. The second kappa shape index (κ2) is 4.66. The van der Waals surface area contributed by atoms with E-state index in [1.807, 2.05) is 16.9 Å². The summed E-state index contributed by atoms with van der Waals surface area (Å²) >= 11 is 0. The van der Waals surface area contributed by atoms with Crippen LogP contribution in [0.5, 0.6) is 0 Å². The van der Waals surface area contributed by atoms with E-state index in [9.17, 15) is 4.39 Å². The van der Waals surface area contributed by atoms with E-state index in [1.54, 1.807) is 6.07 Å². The molecule has 0 saturated carbocycles. The standard InChI is InChI=1S/C15H16FN3O/c16-13-3-1-2-12-11(13)4-5-15(12)19-8-14(17-18-19)10-6-7-20-9-10/h1-3,8,10,15H,4-7,9H2/t10?,15-/m0/s1. The zero-order chi connectivity index (χ0) is 13.5. The van der Waals surface area contributed by atoms with E-state index in [0.29, 0.717) is 5.92 Å². The molecule has 2 aliphatic rings. The van der Waals surface area contributed by atoms with Crippen molar-refractivity contribution in [1.82, 2.24) is 15.0 Å². The minimum atomic E-state index is -0.102. The second-order valence-electron chi connectivity index (χ2n) is 5.55. The molecule has 0 bridgehead atoms. The smallest absolute Gasteiger partial charge is 0.126 e. The fourth-order valence-corrected chi connectivity index (χ4v) is 3.26. The van der Waals surface area contributed by atoms with Gasteiger partial charge in [-0.15, -0.1) is 5.10 Å². The van der Waals surface area contributed by atoms with Gasteiger partial charge in [-0.1, -0.05) is 17.3 Å². The molecule has 4 nitrogen and oxygen atoms in total. The summed E-state index contributed by atoms with van der Waals surface area (Å²) in [5.41, 5.74) is 2.87. The van der Waals surface area contributed by atoms with E-state index >= 15 is 0 Å². The number of hydrogen-bond donors (Lipinski definition) is 0. The van der Waals surface area contributed by atoms with Crippen LogP contribution in [0.15, 0.2) is 24.4 Å². The number of hydrogen-bond acceptors (Lipinski definition) is 3. The average molecular weight is 273 g/mol. The van der Waals surface area contributed by atoms with E-state index in [0.717, 1.165) is 49.3 Å². The van der Waals surface area contributed by atoms with E-state index in [-0.39, 0.29) is 11.9 Å². The van der Waals surface area contributed by atoms with Crippen LogP contribution < -0.4 is 0 Å². The average Bonchev–Trinajstić information content (AvgIpc) is 3.18. The molecule has 1 saturated heterocycles.